The predicted octanol–water partition coefficient (Wildman–Crippen LogP) is 4.86. The fraction of sp³-hybridized carbons (Fsp3) is 0.406. The molecule has 7 nitrogen and oxygen atoms in total. The van der Waals surface area contributed by atoms with E-state index in [1.54, 1.807) is 7.11 Å². The number of nitrogens with one attached hydrogen (secondary N) is 1. The van der Waals surface area contributed by atoms with Crippen molar-refractivity contribution in [3.8, 4) is 5.75 Å². The van der Waals surface area contributed by atoms with Crippen LogP contribution >= 0.6 is 0 Å². The van der Waals surface area contributed by atoms with Crippen molar-refractivity contribution >= 4 is 34.6 Å². The van der Waals surface area contributed by atoms with Gasteiger partial charge in [-0.1, -0.05) is 51.1 Å². The molecule has 3 heterocycles. The summed E-state index contributed by atoms with van der Waals surface area (Å²) in [5.41, 5.74) is 3.94. The lowest BCUT2D eigenvalue weighted by Gasteiger charge is -2.39. The van der Waals surface area contributed by atoms with Crippen molar-refractivity contribution in [1.82, 2.24) is 14.8 Å². The van der Waals surface area contributed by atoms with Crippen LogP contribution in [0.1, 0.15) is 55.2 Å². The zero-order chi connectivity index (χ0) is 27.5. The van der Waals surface area contributed by atoms with E-state index in [1.807, 2.05) is 85.2 Å². The Morgan fingerprint density at radius 3 is 2.46 bits per heavy atom. The molecular weight excluding hydrogens is 490 g/mol. The molecule has 0 saturated carbocycles. The van der Waals surface area contributed by atoms with Gasteiger partial charge in [-0.15, -0.1) is 0 Å². The van der Waals surface area contributed by atoms with E-state index in [1.165, 1.54) is 0 Å². The third kappa shape index (κ3) is 4.44. The van der Waals surface area contributed by atoms with E-state index < -0.39 is 5.92 Å². The van der Waals surface area contributed by atoms with Gasteiger partial charge in [-0.3, -0.25) is 14.4 Å². The molecule has 2 aromatic carbocycles. The number of amides is 2. The van der Waals surface area contributed by atoms with E-state index in [0.29, 0.717) is 25.2 Å². The maximum Gasteiger partial charge on any atom is 0.250 e. The fourth-order valence-corrected chi connectivity index (χ4v) is 6.52. The van der Waals surface area contributed by atoms with E-state index in [-0.39, 0.29) is 41.5 Å². The van der Waals surface area contributed by atoms with Gasteiger partial charge >= 0.3 is 0 Å². The second-order valence-electron chi connectivity index (χ2n) is 12.2. The van der Waals surface area contributed by atoms with E-state index in [0.717, 1.165) is 39.8 Å². The number of carbonyl (C=O) groups is 3. The lowest BCUT2D eigenvalue weighted by atomic mass is 9.76. The summed E-state index contributed by atoms with van der Waals surface area (Å²) in [5, 5.41) is 0.986. The number of aromatic amines is 1. The van der Waals surface area contributed by atoms with Crippen LogP contribution < -0.4 is 4.74 Å². The van der Waals surface area contributed by atoms with Crippen LogP contribution in [0.2, 0.25) is 0 Å². The van der Waals surface area contributed by atoms with Crippen LogP contribution in [0.5, 0.6) is 5.75 Å². The number of para-hydroxylation sites is 1. The molecule has 2 saturated heterocycles. The Balaban J connectivity index is 1.14. The van der Waals surface area contributed by atoms with Gasteiger partial charge in [-0.2, -0.15) is 0 Å². The quantitative estimate of drug-likeness (QED) is 0.466. The van der Waals surface area contributed by atoms with Crippen molar-refractivity contribution in [3.05, 3.63) is 70.9 Å². The minimum atomic E-state index is -0.445. The molecule has 0 spiro atoms. The molecule has 1 aromatic heterocycles. The van der Waals surface area contributed by atoms with Crippen molar-refractivity contribution in [2.24, 2.45) is 11.3 Å². The lowest BCUT2D eigenvalue weighted by Crippen LogP contribution is -2.53. The number of methoxy groups -OCH3 is 1. The first-order valence-corrected chi connectivity index (χ1v) is 13.7. The number of Topliss-reactive ketones (excluding diaryl/α,β-unsaturated/α-hetero) is 1. The third-order valence-electron chi connectivity index (χ3n) is 8.71. The smallest absolute Gasteiger partial charge is 0.250 e. The Bertz CT molecular complexity index is 1480. The average molecular weight is 526 g/mol. The van der Waals surface area contributed by atoms with Crippen molar-refractivity contribution in [3.63, 3.8) is 0 Å². The maximum absolute atomic E-state index is 13.9. The number of benzene rings is 2. The topological polar surface area (TPSA) is 82.7 Å². The summed E-state index contributed by atoms with van der Waals surface area (Å²) in [5.74, 6) is 0.377. The van der Waals surface area contributed by atoms with Gasteiger partial charge in [0.05, 0.1) is 30.8 Å². The lowest BCUT2D eigenvalue weighted by molar-refractivity contribution is -0.144. The summed E-state index contributed by atoms with van der Waals surface area (Å²) in [4.78, 5) is 47.8. The van der Waals surface area contributed by atoms with Crippen molar-refractivity contribution in [2.75, 3.05) is 20.2 Å². The molecule has 6 rings (SSSR count). The predicted molar refractivity (Wildman–Crippen MR) is 150 cm³/mol. The number of hydrogen-bond donors (Lipinski definition) is 1. The van der Waals surface area contributed by atoms with Gasteiger partial charge in [0.15, 0.2) is 5.78 Å². The highest BCUT2D eigenvalue weighted by Gasteiger charge is 2.50. The maximum atomic E-state index is 13.9. The molecule has 3 aromatic rings. The standard InChI is InChI=1S/C32H35N3O4/c1-32(2,3)25(16-28(36)27-14-20-8-5-6-10-26(20)33-27)31(38)35-18-22-15-23(35)17-34(22)30(37)21-12-19-9-7-11-29(39-4)24(19)13-21/h5-12,14,22-23,25,33H,13,15-18H2,1-4H3/t22-,23-,25+/m0/s1. The van der Waals surface area contributed by atoms with Crippen LogP contribution in [0, 0.1) is 11.3 Å². The number of piperazine rings is 1. The second kappa shape index (κ2) is 9.40. The number of ether oxygens (including phenoxy) is 1. The summed E-state index contributed by atoms with van der Waals surface area (Å²) < 4.78 is 5.49. The Labute approximate surface area is 228 Å². The Morgan fingerprint density at radius 1 is 1.03 bits per heavy atom. The molecule has 0 unspecified atom stereocenters. The third-order valence-corrected chi connectivity index (χ3v) is 8.71. The zero-order valence-corrected chi connectivity index (χ0v) is 23.0. The van der Waals surface area contributed by atoms with Gasteiger partial charge in [0.1, 0.15) is 5.75 Å². The van der Waals surface area contributed by atoms with E-state index in [4.69, 9.17) is 4.74 Å². The van der Waals surface area contributed by atoms with Crippen LogP contribution in [0.25, 0.3) is 17.0 Å². The van der Waals surface area contributed by atoms with E-state index >= 15 is 0 Å². The molecule has 39 heavy (non-hydrogen) atoms. The van der Waals surface area contributed by atoms with Gasteiger partial charge in [-0.25, -0.2) is 0 Å². The van der Waals surface area contributed by atoms with Crippen molar-refractivity contribution < 1.29 is 19.1 Å². The first kappa shape index (κ1) is 25.4. The van der Waals surface area contributed by atoms with Crippen LogP contribution in [0.3, 0.4) is 0 Å². The highest BCUT2D eigenvalue weighted by atomic mass is 16.5. The summed E-state index contributed by atoms with van der Waals surface area (Å²) >= 11 is 0. The molecule has 3 atom stereocenters. The number of aromatic nitrogens is 1. The molecule has 2 bridgehead atoms. The van der Waals surface area contributed by atoms with E-state index in [9.17, 15) is 14.4 Å². The second-order valence-corrected chi connectivity index (χ2v) is 12.2. The molecule has 1 aliphatic carbocycles. The molecule has 2 amide bonds. The first-order chi connectivity index (χ1) is 18.6. The summed E-state index contributed by atoms with van der Waals surface area (Å²) in [7, 11) is 1.65. The van der Waals surface area contributed by atoms with Crippen molar-refractivity contribution in [1.29, 1.82) is 0 Å². The molecule has 2 fully saturated rings. The van der Waals surface area contributed by atoms with Gasteiger partial charge in [0.2, 0.25) is 5.91 Å². The molecule has 7 heteroatoms. The highest BCUT2D eigenvalue weighted by Crippen LogP contribution is 2.39. The van der Waals surface area contributed by atoms with Gasteiger partial charge in [0, 0.05) is 48.0 Å². The monoisotopic (exact) mass is 525 g/mol. The summed E-state index contributed by atoms with van der Waals surface area (Å²) in [6.45, 7) is 7.13. The molecule has 3 aliphatic rings. The normalized spacial score (nSPS) is 20.8. The zero-order valence-electron chi connectivity index (χ0n) is 23.0. The molecular formula is C32H35N3O4. The molecule has 1 N–H and O–H groups in total. The van der Waals surface area contributed by atoms with Gasteiger partial charge < -0.3 is 19.5 Å². The number of rotatable bonds is 6. The highest BCUT2D eigenvalue weighted by molar-refractivity contribution is 6.02. The van der Waals surface area contributed by atoms with Crippen LogP contribution in [0.15, 0.2) is 54.1 Å². The van der Waals surface area contributed by atoms with E-state index in [2.05, 4.69) is 4.98 Å². The van der Waals surface area contributed by atoms with Crippen LogP contribution in [-0.4, -0.2) is 64.7 Å². The van der Waals surface area contributed by atoms with Crippen molar-refractivity contribution in [2.45, 2.75) is 52.1 Å². The number of hydrogen-bond acceptors (Lipinski definition) is 4. The number of fused-ring (bicyclic) bond motifs is 4. The van der Waals surface area contributed by atoms with Gasteiger partial charge in [-0.05, 0) is 41.7 Å². The number of nitrogens with zero attached hydrogens (tertiary/aromatic N) is 2. The Hall–Kier alpha value is -3.87. The number of ketones is 1. The number of carbonyl (C=O) groups excluding carboxylic acids is 3. The Morgan fingerprint density at radius 2 is 1.77 bits per heavy atom. The summed E-state index contributed by atoms with van der Waals surface area (Å²) in [6.07, 6.45) is 3.48. The fourth-order valence-electron chi connectivity index (χ4n) is 6.52. The average Bonchev–Trinajstić information content (AvgIpc) is 3.71. The van der Waals surface area contributed by atoms with Gasteiger partial charge in [0.25, 0.3) is 5.91 Å². The SMILES string of the molecule is COc1cccc2c1CC(C(=O)N1C[C@@H]3C[C@H]1CN3C(=O)[C@@H](CC(=O)c1cc3ccccc3[nH]1)C(C)(C)C)=C2. The molecule has 2 aliphatic heterocycles. The first-order valence-electron chi connectivity index (χ1n) is 13.7. The minimum absolute atomic E-state index is 0.00276. The number of likely N-dealkylation sites (tertiary alicyclic amines) is 2. The summed E-state index contributed by atoms with van der Waals surface area (Å²) in [6, 6.07) is 15.5. The minimum Gasteiger partial charge on any atom is -0.496 e. The largest absolute Gasteiger partial charge is 0.496 e. The molecule has 0 radical (unpaired) electrons. The van der Waals surface area contributed by atoms with Crippen LogP contribution in [-0.2, 0) is 16.0 Å². The Kier molecular flexibility index (Phi) is 6.12. The van der Waals surface area contributed by atoms with Crippen LogP contribution in [0.4, 0.5) is 0 Å². The molecule has 202 valence electrons. The number of H-pyrrole nitrogens is 1.